The lowest BCUT2D eigenvalue weighted by Crippen LogP contribution is -2.44. The van der Waals surface area contributed by atoms with Gasteiger partial charge in [-0.15, -0.1) is 0 Å². The molecule has 0 aliphatic carbocycles. The van der Waals surface area contributed by atoms with Crippen LogP contribution in [0.5, 0.6) is 5.75 Å². The summed E-state index contributed by atoms with van der Waals surface area (Å²) >= 11 is 0. The highest BCUT2D eigenvalue weighted by molar-refractivity contribution is 6.11. The number of aryl methyl sites for hydroxylation is 1. The Balaban J connectivity index is 1.48. The number of aromatic nitrogens is 4. The number of nitriles is 1. The number of ether oxygens (including phenoxy) is 1. The maximum absolute atomic E-state index is 8.91. The van der Waals surface area contributed by atoms with Crippen LogP contribution in [-0.2, 0) is 0 Å². The number of hydrogen-bond acceptors (Lipinski definition) is 5. The van der Waals surface area contributed by atoms with Gasteiger partial charge >= 0.3 is 0 Å². The average Bonchev–Trinajstić information content (AvgIpc) is 3.41. The number of fused-ring (bicyclic) bond motifs is 4. The molecule has 2 aromatic carbocycles. The molecule has 1 N–H and O–H groups in total. The molecule has 5 aromatic rings. The van der Waals surface area contributed by atoms with E-state index in [0.29, 0.717) is 23.9 Å². The number of hydrogen-bond donors (Lipinski definition) is 1. The number of nitrogens with one attached hydrogen (secondary N) is 1. The quantitative estimate of drug-likeness (QED) is 0.417. The molecule has 0 spiro atoms. The minimum absolute atomic E-state index is 0.496. The molecule has 164 valence electrons. The predicted molar refractivity (Wildman–Crippen MR) is 129 cm³/mol. The van der Waals surface area contributed by atoms with Crippen LogP contribution in [0.1, 0.15) is 22.6 Å². The third-order valence-corrected chi connectivity index (χ3v) is 7.08. The summed E-state index contributed by atoms with van der Waals surface area (Å²) < 4.78 is 7.34. The molecule has 0 amide bonds. The normalized spacial score (nSPS) is 14.7. The average molecular weight is 437 g/mol. The van der Waals surface area contributed by atoms with Gasteiger partial charge in [0.1, 0.15) is 6.33 Å². The standard InChI is InChI=1S/C26H24N6O/c1-15-16(2)25-21-8-17(19-11-31(12-19)7-6-27)4-5-22(21)30-23(25)10-20(15)18-9-24(33-3)26-28-14-29-32(26)13-18/h4-5,8-10,13-14,19,30H,7,11-12H2,1-3H3. The Hall–Kier alpha value is -3.89. The molecule has 6 rings (SSSR count). The molecule has 0 bridgehead atoms. The first-order valence-electron chi connectivity index (χ1n) is 11.1. The van der Waals surface area contributed by atoms with E-state index in [4.69, 9.17) is 10.00 Å². The van der Waals surface area contributed by atoms with E-state index in [9.17, 15) is 0 Å². The van der Waals surface area contributed by atoms with Crippen molar-refractivity contribution in [2.45, 2.75) is 19.8 Å². The zero-order valence-corrected chi connectivity index (χ0v) is 18.9. The van der Waals surface area contributed by atoms with Crippen LogP contribution < -0.4 is 4.74 Å². The molecule has 7 heteroatoms. The second-order valence-electron chi connectivity index (χ2n) is 8.90. The van der Waals surface area contributed by atoms with E-state index in [1.54, 1.807) is 18.0 Å². The van der Waals surface area contributed by atoms with Gasteiger partial charge < -0.3 is 9.72 Å². The fourth-order valence-electron chi connectivity index (χ4n) is 5.14. The highest BCUT2D eigenvalue weighted by atomic mass is 16.5. The van der Waals surface area contributed by atoms with E-state index in [-0.39, 0.29) is 0 Å². The summed E-state index contributed by atoms with van der Waals surface area (Å²) in [6, 6.07) is 13.2. The zero-order valence-electron chi connectivity index (χ0n) is 18.9. The van der Waals surface area contributed by atoms with Crippen molar-refractivity contribution in [1.82, 2.24) is 24.5 Å². The Morgan fingerprint density at radius 1 is 1.15 bits per heavy atom. The van der Waals surface area contributed by atoms with Gasteiger partial charge in [0.15, 0.2) is 11.4 Å². The Morgan fingerprint density at radius 3 is 2.79 bits per heavy atom. The fraction of sp³-hybridized carbons (Fsp3) is 0.269. The number of H-pyrrole nitrogens is 1. The molecule has 1 aliphatic rings. The number of pyridine rings is 1. The second-order valence-corrected chi connectivity index (χ2v) is 8.90. The Kier molecular flexibility index (Phi) is 4.39. The maximum Gasteiger partial charge on any atom is 0.197 e. The van der Waals surface area contributed by atoms with E-state index < -0.39 is 0 Å². The van der Waals surface area contributed by atoms with Gasteiger partial charge in [-0.25, -0.2) is 9.50 Å². The summed E-state index contributed by atoms with van der Waals surface area (Å²) in [5.41, 5.74) is 9.01. The molecule has 33 heavy (non-hydrogen) atoms. The Bertz CT molecular complexity index is 1580. The Morgan fingerprint density at radius 2 is 2.00 bits per heavy atom. The van der Waals surface area contributed by atoms with Crippen molar-refractivity contribution in [2.24, 2.45) is 0 Å². The van der Waals surface area contributed by atoms with Gasteiger partial charge in [0.2, 0.25) is 0 Å². The minimum Gasteiger partial charge on any atom is -0.493 e. The van der Waals surface area contributed by atoms with Crippen LogP contribution in [-0.4, -0.2) is 51.2 Å². The van der Waals surface area contributed by atoms with Gasteiger partial charge in [-0.2, -0.15) is 10.4 Å². The van der Waals surface area contributed by atoms with Gasteiger partial charge in [0, 0.05) is 52.6 Å². The topological polar surface area (TPSA) is 82.2 Å². The molecule has 0 saturated carbocycles. The van der Waals surface area contributed by atoms with Crippen LogP contribution in [0, 0.1) is 25.2 Å². The lowest BCUT2D eigenvalue weighted by molar-refractivity contribution is 0.169. The predicted octanol–water partition coefficient (Wildman–Crippen LogP) is 4.58. The van der Waals surface area contributed by atoms with Crippen molar-refractivity contribution in [2.75, 3.05) is 26.7 Å². The minimum atomic E-state index is 0.496. The van der Waals surface area contributed by atoms with Crippen molar-refractivity contribution < 1.29 is 4.74 Å². The highest BCUT2D eigenvalue weighted by Gasteiger charge is 2.28. The number of likely N-dealkylation sites (tertiary alicyclic amines) is 1. The van der Waals surface area contributed by atoms with Gasteiger partial charge in [0.25, 0.3) is 0 Å². The summed E-state index contributed by atoms with van der Waals surface area (Å²) in [6.07, 6.45) is 3.54. The number of aromatic amines is 1. The molecule has 3 aromatic heterocycles. The fourth-order valence-corrected chi connectivity index (χ4v) is 5.14. The van der Waals surface area contributed by atoms with E-state index in [2.05, 4.69) is 64.1 Å². The molecule has 1 fully saturated rings. The lowest BCUT2D eigenvalue weighted by atomic mass is 9.89. The Labute approximate surface area is 191 Å². The molecular weight excluding hydrogens is 412 g/mol. The highest BCUT2D eigenvalue weighted by Crippen LogP contribution is 2.38. The first-order chi connectivity index (χ1) is 16.1. The van der Waals surface area contributed by atoms with E-state index in [1.165, 1.54) is 27.5 Å². The summed E-state index contributed by atoms with van der Waals surface area (Å²) in [4.78, 5) is 10.1. The van der Waals surface area contributed by atoms with Crippen LogP contribution in [0.4, 0.5) is 0 Å². The first-order valence-corrected chi connectivity index (χ1v) is 11.1. The third kappa shape index (κ3) is 2.99. The lowest BCUT2D eigenvalue weighted by Gasteiger charge is -2.37. The van der Waals surface area contributed by atoms with E-state index in [0.717, 1.165) is 35.2 Å². The van der Waals surface area contributed by atoms with Crippen molar-refractivity contribution >= 4 is 27.5 Å². The third-order valence-electron chi connectivity index (χ3n) is 7.08. The SMILES string of the molecule is COc1cc(-c2cc3[nH]c4ccc(C5CN(CC#N)C5)cc4c3c(C)c2C)cn2ncnc12. The van der Waals surface area contributed by atoms with Crippen molar-refractivity contribution in [3.8, 4) is 22.9 Å². The van der Waals surface area contributed by atoms with Crippen molar-refractivity contribution in [1.29, 1.82) is 5.26 Å². The van der Waals surface area contributed by atoms with Gasteiger partial charge in [0.05, 0.1) is 19.7 Å². The van der Waals surface area contributed by atoms with Crippen molar-refractivity contribution in [3.05, 3.63) is 59.5 Å². The monoisotopic (exact) mass is 436 g/mol. The molecule has 1 aliphatic heterocycles. The summed E-state index contributed by atoms with van der Waals surface area (Å²) in [6.45, 7) is 6.80. The first kappa shape index (κ1) is 19.8. The molecular formula is C26H24N6O. The molecule has 0 atom stereocenters. The largest absolute Gasteiger partial charge is 0.493 e. The molecule has 0 radical (unpaired) electrons. The smallest absolute Gasteiger partial charge is 0.197 e. The summed E-state index contributed by atoms with van der Waals surface area (Å²) in [7, 11) is 1.66. The van der Waals surface area contributed by atoms with Crippen LogP contribution in [0.3, 0.4) is 0 Å². The summed E-state index contributed by atoms with van der Waals surface area (Å²) in [5, 5.41) is 15.8. The second kappa shape index (κ2) is 7.32. The number of methoxy groups -OCH3 is 1. The van der Waals surface area contributed by atoms with Crippen LogP contribution in [0.25, 0.3) is 38.6 Å². The summed E-state index contributed by atoms with van der Waals surface area (Å²) in [5.74, 6) is 1.20. The molecule has 1 saturated heterocycles. The van der Waals surface area contributed by atoms with Crippen LogP contribution in [0.15, 0.2) is 42.9 Å². The molecule has 4 heterocycles. The number of nitrogens with zero attached hydrogens (tertiary/aromatic N) is 5. The number of benzene rings is 2. The van der Waals surface area contributed by atoms with Crippen molar-refractivity contribution in [3.63, 3.8) is 0 Å². The van der Waals surface area contributed by atoms with Crippen LogP contribution >= 0.6 is 0 Å². The zero-order chi connectivity index (χ0) is 22.7. The number of rotatable bonds is 4. The maximum atomic E-state index is 8.91. The van der Waals surface area contributed by atoms with Gasteiger partial charge in [-0.1, -0.05) is 6.07 Å². The van der Waals surface area contributed by atoms with E-state index >= 15 is 0 Å². The van der Waals surface area contributed by atoms with Gasteiger partial charge in [-0.3, -0.25) is 4.90 Å². The molecule has 7 nitrogen and oxygen atoms in total. The van der Waals surface area contributed by atoms with Crippen LogP contribution in [0.2, 0.25) is 0 Å². The van der Waals surface area contributed by atoms with Gasteiger partial charge in [-0.05, 0) is 60.4 Å². The van der Waals surface area contributed by atoms with E-state index in [1.807, 2.05) is 12.3 Å². The molecule has 0 unspecified atom stereocenters.